The van der Waals surface area contributed by atoms with Crippen LogP contribution in [0, 0.1) is 11.6 Å². The van der Waals surface area contributed by atoms with Gasteiger partial charge in [0.2, 0.25) is 0 Å². The fraction of sp³-hybridized carbons (Fsp3) is 0.231. The molecule has 0 aliphatic carbocycles. The molecule has 17 heavy (non-hydrogen) atoms. The number of benzene rings is 1. The summed E-state index contributed by atoms with van der Waals surface area (Å²) in [7, 11) is 0. The van der Waals surface area contributed by atoms with E-state index in [9.17, 15) is 8.78 Å². The molecule has 90 valence electrons. The normalized spacial score (nSPS) is 12.7. The first kappa shape index (κ1) is 12.2. The third-order valence-corrected chi connectivity index (χ3v) is 3.85. The van der Waals surface area contributed by atoms with Gasteiger partial charge in [0.15, 0.2) is 0 Å². The Kier molecular flexibility index (Phi) is 3.54. The molecule has 2 rings (SSSR count). The number of hydrogen-bond donors (Lipinski definition) is 1. The average Bonchev–Trinajstić information content (AvgIpc) is 2.76. The lowest BCUT2D eigenvalue weighted by Crippen LogP contribution is -2.05. The molecule has 2 aromatic rings. The molecule has 0 saturated carbocycles. The molecule has 0 saturated heterocycles. The van der Waals surface area contributed by atoms with Gasteiger partial charge in [-0.25, -0.2) is 8.78 Å². The van der Waals surface area contributed by atoms with Gasteiger partial charge in [-0.1, -0.05) is 6.92 Å². The molecule has 1 atom stereocenters. The van der Waals surface area contributed by atoms with E-state index in [0.717, 1.165) is 22.2 Å². The molecule has 0 amide bonds. The SMILES string of the molecule is CCC(N)c1ccc(-c2cc(F)cc(F)c2)s1. The van der Waals surface area contributed by atoms with Gasteiger partial charge in [-0.05, 0) is 36.2 Å². The zero-order valence-corrected chi connectivity index (χ0v) is 10.2. The first-order valence-corrected chi connectivity index (χ1v) is 6.23. The fourth-order valence-corrected chi connectivity index (χ4v) is 2.68. The van der Waals surface area contributed by atoms with Gasteiger partial charge in [0.1, 0.15) is 11.6 Å². The second kappa shape index (κ2) is 4.94. The largest absolute Gasteiger partial charge is 0.323 e. The van der Waals surface area contributed by atoms with Gasteiger partial charge in [0.05, 0.1) is 0 Å². The Bertz CT molecular complexity index is 502. The summed E-state index contributed by atoms with van der Waals surface area (Å²) >= 11 is 1.48. The third kappa shape index (κ3) is 2.70. The summed E-state index contributed by atoms with van der Waals surface area (Å²) in [5.74, 6) is -1.12. The third-order valence-electron chi connectivity index (χ3n) is 2.58. The van der Waals surface area contributed by atoms with E-state index in [2.05, 4.69) is 0 Å². The molecular weight excluding hydrogens is 240 g/mol. The van der Waals surface area contributed by atoms with Crippen LogP contribution in [-0.4, -0.2) is 0 Å². The fourth-order valence-electron chi connectivity index (χ4n) is 1.60. The summed E-state index contributed by atoms with van der Waals surface area (Å²) in [4.78, 5) is 1.87. The van der Waals surface area contributed by atoms with Gasteiger partial charge in [-0.15, -0.1) is 11.3 Å². The zero-order chi connectivity index (χ0) is 12.4. The van der Waals surface area contributed by atoms with Crippen LogP contribution in [0.3, 0.4) is 0 Å². The quantitative estimate of drug-likeness (QED) is 0.875. The average molecular weight is 253 g/mol. The van der Waals surface area contributed by atoms with Crippen molar-refractivity contribution in [2.24, 2.45) is 5.73 Å². The van der Waals surface area contributed by atoms with Crippen LogP contribution in [0.4, 0.5) is 8.78 Å². The first-order valence-electron chi connectivity index (χ1n) is 5.42. The standard InChI is InChI=1S/C13H13F2NS/c1-2-11(16)13-4-3-12(17-13)8-5-9(14)7-10(15)6-8/h3-7,11H,2,16H2,1H3. The molecule has 0 radical (unpaired) electrons. The number of rotatable bonds is 3. The van der Waals surface area contributed by atoms with Crippen LogP contribution < -0.4 is 5.73 Å². The summed E-state index contributed by atoms with van der Waals surface area (Å²) in [5.41, 5.74) is 6.47. The van der Waals surface area contributed by atoms with Gasteiger partial charge in [0.25, 0.3) is 0 Å². The number of nitrogens with two attached hydrogens (primary N) is 1. The Morgan fingerprint density at radius 2 is 1.82 bits per heavy atom. The van der Waals surface area contributed by atoms with Crippen molar-refractivity contribution in [2.75, 3.05) is 0 Å². The Hall–Kier alpha value is -1.26. The highest BCUT2D eigenvalue weighted by Gasteiger charge is 2.09. The summed E-state index contributed by atoms with van der Waals surface area (Å²) in [6, 6.07) is 7.29. The van der Waals surface area contributed by atoms with Gasteiger partial charge >= 0.3 is 0 Å². The lowest BCUT2D eigenvalue weighted by Gasteiger charge is -2.04. The Morgan fingerprint density at radius 3 is 2.41 bits per heavy atom. The van der Waals surface area contributed by atoms with Gasteiger partial charge in [-0.2, -0.15) is 0 Å². The van der Waals surface area contributed by atoms with E-state index in [4.69, 9.17) is 5.73 Å². The maximum Gasteiger partial charge on any atom is 0.126 e. The van der Waals surface area contributed by atoms with Crippen molar-refractivity contribution in [3.63, 3.8) is 0 Å². The van der Waals surface area contributed by atoms with Crippen LogP contribution >= 0.6 is 11.3 Å². The minimum Gasteiger partial charge on any atom is -0.323 e. The van der Waals surface area contributed by atoms with Crippen LogP contribution in [0.15, 0.2) is 30.3 Å². The van der Waals surface area contributed by atoms with Gasteiger partial charge < -0.3 is 5.73 Å². The van der Waals surface area contributed by atoms with E-state index in [1.54, 1.807) is 0 Å². The van der Waals surface area contributed by atoms with E-state index < -0.39 is 11.6 Å². The maximum absolute atomic E-state index is 13.1. The molecule has 1 aromatic carbocycles. The Balaban J connectivity index is 2.36. The van der Waals surface area contributed by atoms with Crippen LogP contribution in [0.2, 0.25) is 0 Å². The molecule has 2 N–H and O–H groups in total. The summed E-state index contributed by atoms with van der Waals surface area (Å²) < 4.78 is 26.2. The predicted molar refractivity (Wildman–Crippen MR) is 66.9 cm³/mol. The molecule has 1 aromatic heterocycles. The summed E-state index contributed by atoms with van der Waals surface area (Å²) in [6.45, 7) is 2.01. The minimum absolute atomic E-state index is 0.00726. The highest BCUT2D eigenvalue weighted by molar-refractivity contribution is 7.15. The van der Waals surface area contributed by atoms with Crippen LogP contribution in [0.1, 0.15) is 24.3 Å². The van der Waals surface area contributed by atoms with Crippen molar-refractivity contribution in [3.8, 4) is 10.4 Å². The molecule has 0 bridgehead atoms. The van der Waals surface area contributed by atoms with Crippen molar-refractivity contribution >= 4 is 11.3 Å². The van der Waals surface area contributed by atoms with Gasteiger partial charge in [-0.3, -0.25) is 0 Å². The number of halogens is 2. The van der Waals surface area contributed by atoms with Gasteiger partial charge in [0, 0.05) is 21.9 Å². The van der Waals surface area contributed by atoms with Crippen LogP contribution in [0.25, 0.3) is 10.4 Å². The van der Waals surface area contributed by atoms with Crippen LogP contribution in [-0.2, 0) is 0 Å². The predicted octanol–water partition coefficient (Wildman–Crippen LogP) is 4.10. The van der Waals surface area contributed by atoms with Crippen molar-refractivity contribution < 1.29 is 8.78 Å². The van der Waals surface area contributed by atoms with Crippen molar-refractivity contribution in [3.05, 3.63) is 46.8 Å². The molecule has 0 aliphatic rings. The first-order chi connectivity index (χ1) is 8.10. The molecule has 1 nitrogen and oxygen atoms in total. The molecule has 0 fully saturated rings. The topological polar surface area (TPSA) is 26.0 Å². The zero-order valence-electron chi connectivity index (χ0n) is 9.41. The maximum atomic E-state index is 13.1. The summed E-state index contributed by atoms with van der Waals surface area (Å²) in [6.07, 6.45) is 0.845. The molecule has 0 spiro atoms. The van der Waals surface area contributed by atoms with E-state index in [0.29, 0.717) is 5.56 Å². The van der Waals surface area contributed by atoms with E-state index in [1.165, 1.54) is 23.5 Å². The molecule has 1 heterocycles. The van der Waals surface area contributed by atoms with Crippen LogP contribution in [0.5, 0.6) is 0 Å². The lowest BCUT2D eigenvalue weighted by molar-refractivity contribution is 0.584. The van der Waals surface area contributed by atoms with E-state index in [-0.39, 0.29) is 6.04 Å². The molecule has 1 unspecified atom stereocenters. The van der Waals surface area contributed by atoms with E-state index >= 15 is 0 Å². The Labute approximate surface area is 103 Å². The molecular formula is C13H13F2NS. The second-order valence-corrected chi connectivity index (χ2v) is 4.99. The van der Waals surface area contributed by atoms with Crippen molar-refractivity contribution in [1.29, 1.82) is 0 Å². The number of hydrogen-bond acceptors (Lipinski definition) is 2. The molecule has 4 heteroatoms. The Morgan fingerprint density at radius 1 is 1.18 bits per heavy atom. The summed E-state index contributed by atoms with van der Waals surface area (Å²) in [5, 5.41) is 0. The minimum atomic E-state index is -0.560. The lowest BCUT2D eigenvalue weighted by atomic mass is 10.1. The highest BCUT2D eigenvalue weighted by atomic mass is 32.1. The van der Waals surface area contributed by atoms with Crippen molar-refractivity contribution in [2.45, 2.75) is 19.4 Å². The smallest absolute Gasteiger partial charge is 0.126 e. The number of thiophene rings is 1. The highest BCUT2D eigenvalue weighted by Crippen LogP contribution is 2.32. The van der Waals surface area contributed by atoms with Crippen molar-refractivity contribution in [1.82, 2.24) is 0 Å². The second-order valence-electron chi connectivity index (χ2n) is 3.87. The monoisotopic (exact) mass is 253 g/mol. The molecule has 0 aliphatic heterocycles. The van der Waals surface area contributed by atoms with E-state index in [1.807, 2.05) is 19.1 Å².